The minimum Gasteiger partial charge on any atom is -0.467 e. The zero-order valence-corrected chi connectivity index (χ0v) is 12.2. The molecule has 0 aromatic carbocycles. The number of nitrogens with one attached hydrogen (secondary N) is 1. The molecule has 1 atom stereocenters. The summed E-state index contributed by atoms with van der Waals surface area (Å²) in [6.45, 7) is -0.211. The summed E-state index contributed by atoms with van der Waals surface area (Å²) in [4.78, 5) is 27.0. The van der Waals surface area contributed by atoms with Crippen LogP contribution in [0.1, 0.15) is 10.5 Å². The number of amides is 1. The topological polar surface area (TPSA) is 88.5 Å². The summed E-state index contributed by atoms with van der Waals surface area (Å²) < 4.78 is 4.35. The van der Waals surface area contributed by atoms with Crippen molar-refractivity contribution in [1.82, 2.24) is 10.3 Å². The van der Waals surface area contributed by atoms with Crippen molar-refractivity contribution in [2.45, 2.75) is 6.10 Å². The lowest BCUT2D eigenvalue weighted by Crippen LogP contribution is -2.37. The van der Waals surface area contributed by atoms with Crippen molar-refractivity contribution in [1.29, 1.82) is 0 Å². The molecule has 0 aliphatic carbocycles. The number of ether oxygens (including phenoxy) is 1. The Kier molecular flexibility index (Phi) is 4.83. The van der Waals surface area contributed by atoms with Crippen LogP contribution in [0.5, 0.6) is 0 Å². The average molecular weight is 312 g/mol. The van der Waals surface area contributed by atoms with Crippen LogP contribution in [0.2, 0.25) is 0 Å². The first-order valence-corrected chi connectivity index (χ1v) is 7.46. The number of hydrogen-bond donors (Lipinski definition) is 2. The van der Waals surface area contributed by atoms with E-state index in [0.29, 0.717) is 0 Å². The fourth-order valence-electron chi connectivity index (χ4n) is 1.40. The van der Waals surface area contributed by atoms with Crippen LogP contribution < -0.4 is 5.32 Å². The second kappa shape index (κ2) is 6.60. The summed E-state index contributed by atoms with van der Waals surface area (Å²) in [7, 11) is 1.17. The molecule has 2 aromatic rings. The Balaban J connectivity index is 1.95. The zero-order chi connectivity index (χ0) is 14.5. The smallest absolute Gasteiger partial charge is 0.336 e. The molecule has 0 aliphatic heterocycles. The van der Waals surface area contributed by atoms with Crippen molar-refractivity contribution in [3.8, 4) is 10.6 Å². The molecule has 0 radical (unpaired) electrons. The van der Waals surface area contributed by atoms with E-state index < -0.39 is 18.0 Å². The number of hydrogen-bond acceptors (Lipinski definition) is 7. The lowest BCUT2D eigenvalue weighted by molar-refractivity contribution is -0.149. The molecule has 1 unspecified atom stereocenters. The predicted molar refractivity (Wildman–Crippen MR) is 75.8 cm³/mol. The van der Waals surface area contributed by atoms with Gasteiger partial charge in [-0.05, 0) is 11.4 Å². The molecule has 2 heterocycles. The predicted octanol–water partition coefficient (Wildman–Crippen LogP) is 1.14. The number of methoxy groups -OCH3 is 1. The number of nitrogens with zero attached hydrogens (tertiary/aromatic N) is 1. The van der Waals surface area contributed by atoms with E-state index in [-0.39, 0.29) is 12.2 Å². The van der Waals surface area contributed by atoms with E-state index in [1.165, 1.54) is 18.4 Å². The third kappa shape index (κ3) is 3.41. The van der Waals surface area contributed by atoms with Crippen LogP contribution in [-0.4, -0.2) is 41.7 Å². The largest absolute Gasteiger partial charge is 0.467 e. The van der Waals surface area contributed by atoms with E-state index in [4.69, 9.17) is 0 Å². The van der Waals surface area contributed by atoms with Crippen molar-refractivity contribution in [3.63, 3.8) is 0 Å². The molecule has 8 heteroatoms. The fourth-order valence-corrected chi connectivity index (χ4v) is 2.91. The number of carbonyl (C=O) groups excluding carboxylic acids is 2. The number of thiophene rings is 1. The molecular formula is C12H12N2O4S2. The highest BCUT2D eigenvalue weighted by atomic mass is 32.1. The van der Waals surface area contributed by atoms with Crippen LogP contribution >= 0.6 is 22.7 Å². The highest BCUT2D eigenvalue weighted by Gasteiger charge is 2.18. The van der Waals surface area contributed by atoms with Gasteiger partial charge in [-0.1, -0.05) is 0 Å². The van der Waals surface area contributed by atoms with Crippen LogP contribution in [0.4, 0.5) is 0 Å². The Labute approximate surface area is 123 Å². The molecular weight excluding hydrogens is 300 g/mol. The summed E-state index contributed by atoms with van der Waals surface area (Å²) in [5.74, 6) is -1.23. The number of esters is 1. The minimum absolute atomic E-state index is 0.211. The van der Waals surface area contributed by atoms with Crippen molar-refractivity contribution in [2.75, 3.05) is 13.7 Å². The second-order valence-electron chi connectivity index (χ2n) is 3.80. The molecule has 20 heavy (non-hydrogen) atoms. The van der Waals surface area contributed by atoms with Gasteiger partial charge in [0.1, 0.15) is 10.7 Å². The number of rotatable bonds is 5. The molecule has 0 fully saturated rings. The monoisotopic (exact) mass is 312 g/mol. The lowest BCUT2D eigenvalue weighted by atomic mass is 10.3. The summed E-state index contributed by atoms with van der Waals surface area (Å²) in [6, 6.07) is 1.92. The summed E-state index contributed by atoms with van der Waals surface area (Å²) in [5.41, 5.74) is 1.22. The molecule has 106 valence electrons. The molecule has 6 nitrogen and oxygen atoms in total. The van der Waals surface area contributed by atoms with Crippen molar-refractivity contribution >= 4 is 34.6 Å². The van der Waals surface area contributed by atoms with E-state index in [1.807, 2.05) is 16.8 Å². The van der Waals surface area contributed by atoms with E-state index >= 15 is 0 Å². The Bertz CT molecular complexity index is 594. The maximum Gasteiger partial charge on any atom is 0.336 e. The number of aliphatic hydroxyl groups is 1. The maximum absolute atomic E-state index is 11.8. The van der Waals surface area contributed by atoms with Gasteiger partial charge in [0.05, 0.1) is 13.7 Å². The quantitative estimate of drug-likeness (QED) is 0.808. The lowest BCUT2D eigenvalue weighted by Gasteiger charge is -2.08. The molecule has 1 amide bonds. The molecule has 0 bridgehead atoms. The molecule has 0 aliphatic rings. The third-order valence-corrected chi connectivity index (χ3v) is 4.01. The average Bonchev–Trinajstić information content (AvgIpc) is 3.12. The van der Waals surface area contributed by atoms with Gasteiger partial charge in [-0.15, -0.1) is 11.3 Å². The highest BCUT2D eigenvalue weighted by molar-refractivity contribution is 7.14. The Morgan fingerprint density at radius 2 is 2.30 bits per heavy atom. The number of aliphatic hydroxyl groups excluding tert-OH is 1. The number of thiazole rings is 1. The maximum atomic E-state index is 11.8. The highest BCUT2D eigenvalue weighted by Crippen LogP contribution is 2.25. The van der Waals surface area contributed by atoms with E-state index in [1.54, 1.807) is 16.7 Å². The molecule has 2 aromatic heterocycles. The zero-order valence-electron chi connectivity index (χ0n) is 10.5. The Morgan fingerprint density at radius 3 is 2.95 bits per heavy atom. The van der Waals surface area contributed by atoms with E-state index in [9.17, 15) is 14.7 Å². The van der Waals surface area contributed by atoms with Gasteiger partial charge in [-0.2, -0.15) is 11.3 Å². The molecule has 0 spiro atoms. The first-order chi connectivity index (χ1) is 9.61. The van der Waals surface area contributed by atoms with Crippen LogP contribution in [0.15, 0.2) is 22.2 Å². The van der Waals surface area contributed by atoms with E-state index in [2.05, 4.69) is 15.0 Å². The molecule has 2 N–H and O–H groups in total. The van der Waals surface area contributed by atoms with Crippen molar-refractivity contribution in [3.05, 3.63) is 27.9 Å². The van der Waals surface area contributed by atoms with Crippen LogP contribution in [-0.2, 0) is 9.53 Å². The van der Waals surface area contributed by atoms with Gasteiger partial charge in [0, 0.05) is 16.3 Å². The van der Waals surface area contributed by atoms with Gasteiger partial charge in [-0.3, -0.25) is 4.79 Å². The summed E-state index contributed by atoms with van der Waals surface area (Å²) >= 11 is 2.91. The summed E-state index contributed by atoms with van der Waals surface area (Å²) in [6.07, 6.45) is -1.38. The normalized spacial score (nSPS) is 11.9. The van der Waals surface area contributed by atoms with Gasteiger partial charge in [-0.25, -0.2) is 9.78 Å². The minimum atomic E-state index is -1.38. The Morgan fingerprint density at radius 1 is 1.50 bits per heavy atom. The number of carbonyl (C=O) groups is 2. The molecule has 2 rings (SSSR count). The summed E-state index contributed by atoms with van der Waals surface area (Å²) in [5, 5.41) is 18.1. The fraction of sp³-hybridized carbons (Fsp3) is 0.250. The van der Waals surface area contributed by atoms with Gasteiger partial charge < -0.3 is 15.2 Å². The van der Waals surface area contributed by atoms with Crippen LogP contribution in [0, 0.1) is 0 Å². The molecule has 0 saturated carbocycles. The van der Waals surface area contributed by atoms with Crippen molar-refractivity contribution < 1.29 is 19.4 Å². The SMILES string of the molecule is COC(=O)C(O)CNC(=O)c1csc(-c2ccsc2)n1. The van der Waals surface area contributed by atoms with Gasteiger partial charge in [0.25, 0.3) is 5.91 Å². The third-order valence-electron chi connectivity index (χ3n) is 2.43. The van der Waals surface area contributed by atoms with Crippen LogP contribution in [0.3, 0.4) is 0 Å². The first-order valence-electron chi connectivity index (χ1n) is 5.64. The standard InChI is InChI=1S/C12H12N2O4S2/c1-18-12(17)9(15)4-13-10(16)8-6-20-11(14-8)7-2-3-19-5-7/h2-3,5-6,9,15H,4H2,1H3,(H,13,16). The van der Waals surface area contributed by atoms with Gasteiger partial charge >= 0.3 is 5.97 Å². The first kappa shape index (κ1) is 14.6. The van der Waals surface area contributed by atoms with Crippen LogP contribution in [0.25, 0.3) is 10.6 Å². The molecule has 0 saturated heterocycles. The van der Waals surface area contributed by atoms with Crippen molar-refractivity contribution in [2.24, 2.45) is 0 Å². The van der Waals surface area contributed by atoms with E-state index in [0.717, 1.165) is 10.6 Å². The van der Waals surface area contributed by atoms with Gasteiger partial charge in [0.2, 0.25) is 0 Å². The Hall–Kier alpha value is -1.77. The number of aromatic nitrogens is 1. The van der Waals surface area contributed by atoms with Gasteiger partial charge in [0.15, 0.2) is 6.10 Å². The second-order valence-corrected chi connectivity index (χ2v) is 5.44.